The molecule has 3 nitrogen and oxygen atoms in total. The van der Waals surface area contributed by atoms with E-state index in [4.69, 9.17) is 10.00 Å². The molecule has 0 saturated heterocycles. The summed E-state index contributed by atoms with van der Waals surface area (Å²) in [7, 11) is 0. The second-order valence-corrected chi connectivity index (χ2v) is 6.15. The lowest BCUT2D eigenvalue weighted by Gasteiger charge is -2.17. The van der Waals surface area contributed by atoms with Gasteiger partial charge in [0.25, 0.3) is 0 Å². The Morgan fingerprint density at radius 2 is 1.54 bits per heavy atom. The van der Waals surface area contributed by atoms with Crippen LogP contribution in [-0.4, -0.2) is 17.8 Å². The highest BCUT2D eigenvalue weighted by Crippen LogP contribution is 2.35. The second-order valence-electron chi connectivity index (χ2n) is 5.06. The molecule has 0 fully saturated rings. The van der Waals surface area contributed by atoms with E-state index in [2.05, 4.69) is 0 Å². The summed E-state index contributed by atoms with van der Waals surface area (Å²) in [6.45, 7) is 1.49. The van der Waals surface area contributed by atoms with Gasteiger partial charge in [-0.05, 0) is 42.3 Å². The van der Waals surface area contributed by atoms with Crippen molar-refractivity contribution >= 4 is 17.7 Å². The Balaban J connectivity index is 2.17. The van der Waals surface area contributed by atoms with Gasteiger partial charge in [-0.15, -0.1) is 11.8 Å². The predicted molar refractivity (Wildman–Crippen MR) is 88.3 cm³/mol. The molecule has 0 N–H and O–H groups in total. The molecule has 124 valence electrons. The van der Waals surface area contributed by atoms with Gasteiger partial charge in [-0.3, -0.25) is 4.79 Å². The number of hydrogen-bond donors (Lipinski definition) is 0. The molecule has 6 heteroatoms. The van der Waals surface area contributed by atoms with Crippen LogP contribution in [0.4, 0.5) is 8.78 Å². The van der Waals surface area contributed by atoms with Crippen molar-refractivity contribution in [1.29, 1.82) is 5.26 Å². The lowest BCUT2D eigenvalue weighted by atomic mass is 10.0. The van der Waals surface area contributed by atoms with Gasteiger partial charge in [0.2, 0.25) is 0 Å². The van der Waals surface area contributed by atoms with Crippen LogP contribution in [0.2, 0.25) is 0 Å². The number of ether oxygens (including phenoxy) is 1. The van der Waals surface area contributed by atoms with Crippen molar-refractivity contribution in [2.45, 2.75) is 18.3 Å². The molecule has 0 aliphatic heterocycles. The molecule has 0 unspecified atom stereocenters. The zero-order chi connectivity index (χ0) is 17.5. The highest BCUT2D eigenvalue weighted by Gasteiger charge is 2.18. The molecule has 0 bridgehead atoms. The van der Waals surface area contributed by atoms with E-state index < -0.39 is 12.1 Å². The average molecular weight is 347 g/mol. The van der Waals surface area contributed by atoms with E-state index in [1.807, 2.05) is 6.07 Å². The fourth-order valence-electron chi connectivity index (χ4n) is 2.07. The number of esters is 1. The van der Waals surface area contributed by atoms with Gasteiger partial charge in [0.15, 0.2) is 6.10 Å². The SMILES string of the molecule is C[C@@H](C#N)OC(=O)CSC(c1ccc(F)cc1)c1ccc(F)cc1. The lowest BCUT2D eigenvalue weighted by Crippen LogP contribution is -2.15. The molecule has 0 aliphatic rings. The van der Waals surface area contributed by atoms with Crippen LogP contribution >= 0.6 is 11.8 Å². The maximum absolute atomic E-state index is 13.1. The zero-order valence-electron chi connectivity index (χ0n) is 12.9. The summed E-state index contributed by atoms with van der Waals surface area (Å²) in [5.41, 5.74) is 1.57. The number of rotatable bonds is 6. The molecule has 0 heterocycles. The summed E-state index contributed by atoms with van der Waals surface area (Å²) in [4.78, 5) is 11.8. The maximum atomic E-state index is 13.1. The van der Waals surface area contributed by atoms with Crippen molar-refractivity contribution in [2.75, 3.05) is 5.75 Å². The number of halogens is 2. The highest BCUT2D eigenvalue weighted by molar-refractivity contribution is 8.00. The van der Waals surface area contributed by atoms with Gasteiger partial charge < -0.3 is 4.74 Å². The number of nitriles is 1. The van der Waals surface area contributed by atoms with E-state index >= 15 is 0 Å². The standard InChI is InChI=1S/C18H15F2NO2S/c1-12(10-21)23-17(22)11-24-18(13-2-6-15(19)7-3-13)14-4-8-16(20)9-5-14/h2-9,12,18H,11H2,1H3/t12-/m0/s1. The Labute approximate surface area is 143 Å². The smallest absolute Gasteiger partial charge is 0.317 e. The molecule has 2 aromatic rings. The monoisotopic (exact) mass is 347 g/mol. The summed E-state index contributed by atoms with van der Waals surface area (Å²) < 4.78 is 31.2. The normalized spacial score (nSPS) is 11.8. The van der Waals surface area contributed by atoms with Crippen molar-refractivity contribution in [3.05, 3.63) is 71.3 Å². The lowest BCUT2D eigenvalue weighted by molar-refractivity contribution is -0.142. The van der Waals surface area contributed by atoms with E-state index in [1.165, 1.54) is 43.0 Å². The van der Waals surface area contributed by atoms with E-state index in [0.717, 1.165) is 11.1 Å². The molecule has 0 amide bonds. The largest absolute Gasteiger partial charge is 0.447 e. The first-order valence-electron chi connectivity index (χ1n) is 7.21. The minimum Gasteiger partial charge on any atom is -0.447 e. The van der Waals surface area contributed by atoms with Gasteiger partial charge in [-0.2, -0.15) is 5.26 Å². The number of carbonyl (C=O) groups is 1. The van der Waals surface area contributed by atoms with Gasteiger partial charge in [0.1, 0.15) is 17.7 Å². The Morgan fingerprint density at radius 3 is 1.96 bits per heavy atom. The van der Waals surface area contributed by atoms with Crippen LogP contribution < -0.4 is 0 Å². The Bertz CT molecular complexity index is 681. The third-order valence-electron chi connectivity index (χ3n) is 3.20. The van der Waals surface area contributed by atoms with Crippen molar-refractivity contribution in [2.24, 2.45) is 0 Å². The number of nitrogens with zero attached hydrogens (tertiary/aromatic N) is 1. The minimum absolute atomic E-state index is 0.0193. The van der Waals surface area contributed by atoms with Crippen LogP contribution in [0.15, 0.2) is 48.5 Å². The van der Waals surface area contributed by atoms with Gasteiger partial charge in [0.05, 0.1) is 11.0 Å². The molecule has 0 aromatic heterocycles. The molecule has 0 aliphatic carbocycles. The van der Waals surface area contributed by atoms with Crippen LogP contribution in [-0.2, 0) is 9.53 Å². The molecule has 0 saturated carbocycles. The van der Waals surface area contributed by atoms with Crippen molar-refractivity contribution < 1.29 is 18.3 Å². The molecule has 2 rings (SSSR count). The van der Waals surface area contributed by atoms with Crippen molar-refractivity contribution in [3.8, 4) is 6.07 Å². The van der Waals surface area contributed by atoms with Crippen LogP contribution in [0.5, 0.6) is 0 Å². The third kappa shape index (κ3) is 5.07. The predicted octanol–water partition coefficient (Wildman–Crippen LogP) is 4.24. The van der Waals surface area contributed by atoms with E-state index in [0.29, 0.717) is 0 Å². The number of thioether (sulfide) groups is 1. The molecule has 24 heavy (non-hydrogen) atoms. The average Bonchev–Trinajstić information content (AvgIpc) is 2.58. The number of benzene rings is 2. The maximum Gasteiger partial charge on any atom is 0.317 e. The van der Waals surface area contributed by atoms with E-state index in [-0.39, 0.29) is 22.6 Å². The first kappa shape index (κ1) is 18.0. The van der Waals surface area contributed by atoms with Crippen LogP contribution in [0, 0.1) is 23.0 Å². The van der Waals surface area contributed by atoms with Crippen LogP contribution in [0.25, 0.3) is 0 Å². The van der Waals surface area contributed by atoms with Crippen LogP contribution in [0.1, 0.15) is 23.3 Å². The molecular weight excluding hydrogens is 332 g/mol. The van der Waals surface area contributed by atoms with Gasteiger partial charge in [-0.25, -0.2) is 8.78 Å². The molecule has 2 aromatic carbocycles. The summed E-state index contributed by atoms with van der Waals surface area (Å²) >= 11 is 1.27. The summed E-state index contributed by atoms with van der Waals surface area (Å²) in [6.07, 6.45) is -0.812. The molecule has 0 radical (unpaired) electrons. The molecule has 0 spiro atoms. The highest BCUT2D eigenvalue weighted by atomic mass is 32.2. The Kier molecular flexibility index (Phi) is 6.33. The van der Waals surface area contributed by atoms with Gasteiger partial charge >= 0.3 is 5.97 Å². The van der Waals surface area contributed by atoms with Gasteiger partial charge in [0, 0.05) is 0 Å². The molecule has 1 atom stereocenters. The fraction of sp³-hybridized carbons (Fsp3) is 0.222. The summed E-state index contributed by atoms with van der Waals surface area (Å²) in [5.74, 6) is -1.21. The fourth-order valence-corrected chi connectivity index (χ4v) is 3.14. The van der Waals surface area contributed by atoms with Crippen molar-refractivity contribution in [1.82, 2.24) is 0 Å². The third-order valence-corrected chi connectivity index (χ3v) is 4.48. The number of hydrogen-bond acceptors (Lipinski definition) is 4. The molecular formula is C18H15F2NO2S. The summed E-state index contributed by atoms with van der Waals surface area (Å²) in [5, 5.41) is 8.38. The quantitative estimate of drug-likeness (QED) is 0.733. The minimum atomic E-state index is -0.812. The zero-order valence-corrected chi connectivity index (χ0v) is 13.7. The topological polar surface area (TPSA) is 50.1 Å². The first-order valence-corrected chi connectivity index (χ1v) is 8.26. The summed E-state index contributed by atoms with van der Waals surface area (Å²) in [6, 6.07) is 13.7. The Hall–Kier alpha value is -2.39. The number of carbonyl (C=O) groups excluding carboxylic acids is 1. The van der Waals surface area contributed by atoms with Gasteiger partial charge in [-0.1, -0.05) is 24.3 Å². The van der Waals surface area contributed by atoms with Crippen LogP contribution in [0.3, 0.4) is 0 Å². The van der Waals surface area contributed by atoms with E-state index in [1.54, 1.807) is 24.3 Å². The van der Waals surface area contributed by atoms with E-state index in [9.17, 15) is 13.6 Å². The second kappa shape index (κ2) is 8.46. The first-order chi connectivity index (χ1) is 11.5. The van der Waals surface area contributed by atoms with Crippen molar-refractivity contribution in [3.63, 3.8) is 0 Å². The Morgan fingerprint density at radius 1 is 1.08 bits per heavy atom.